The number of carbonyl (C=O) groups is 3. The van der Waals surface area contributed by atoms with Gasteiger partial charge in [0.2, 0.25) is 11.8 Å². The van der Waals surface area contributed by atoms with Crippen molar-refractivity contribution in [3.63, 3.8) is 0 Å². The number of aryl methyl sites for hydroxylation is 1. The molecule has 1 N–H and O–H groups in total. The van der Waals surface area contributed by atoms with E-state index in [0.29, 0.717) is 48.5 Å². The van der Waals surface area contributed by atoms with Gasteiger partial charge in [0, 0.05) is 43.9 Å². The standard InChI is InChI=1S/C23H28N4O4S2/c1-13-9-16(13)21(29)25-23-24-12-20(33-23)32-19-11-17(18(31-4)10-14(19)2)22(30)27-7-5-26(6-8-27)15(3)28/h10-13,16H,5-9H2,1-4H3,(H,24,25,29). The maximum Gasteiger partial charge on any atom is 0.257 e. The van der Waals surface area contributed by atoms with Crippen molar-refractivity contribution in [2.75, 3.05) is 38.6 Å². The monoisotopic (exact) mass is 488 g/mol. The summed E-state index contributed by atoms with van der Waals surface area (Å²) in [6.45, 7) is 7.65. The molecule has 3 amide bonds. The third-order valence-electron chi connectivity index (χ3n) is 6.11. The molecule has 10 heteroatoms. The Morgan fingerprint density at radius 3 is 2.45 bits per heavy atom. The first-order valence-corrected chi connectivity index (χ1v) is 12.6. The number of rotatable bonds is 6. The van der Waals surface area contributed by atoms with Gasteiger partial charge in [-0.1, -0.05) is 30.0 Å². The Morgan fingerprint density at radius 2 is 1.85 bits per heavy atom. The molecular formula is C23H28N4O4S2. The predicted octanol–water partition coefficient (Wildman–Crippen LogP) is 3.51. The molecule has 2 heterocycles. The van der Waals surface area contributed by atoms with E-state index in [1.54, 1.807) is 30.0 Å². The third-order valence-corrected chi connectivity index (χ3v) is 8.28. The Kier molecular flexibility index (Phi) is 6.94. The quantitative estimate of drug-likeness (QED) is 0.669. The molecule has 0 spiro atoms. The molecule has 2 unspecified atom stereocenters. The van der Waals surface area contributed by atoms with Crippen molar-refractivity contribution < 1.29 is 19.1 Å². The number of amides is 3. The van der Waals surface area contributed by atoms with Crippen LogP contribution in [0.25, 0.3) is 0 Å². The highest BCUT2D eigenvalue weighted by atomic mass is 32.2. The molecule has 1 saturated heterocycles. The third kappa shape index (κ3) is 5.33. The van der Waals surface area contributed by atoms with Crippen molar-refractivity contribution in [2.45, 2.75) is 36.3 Å². The summed E-state index contributed by atoms with van der Waals surface area (Å²) in [6.07, 6.45) is 2.68. The number of hydrogen-bond donors (Lipinski definition) is 1. The second-order valence-electron chi connectivity index (χ2n) is 8.51. The number of benzene rings is 1. The van der Waals surface area contributed by atoms with Gasteiger partial charge in [-0.25, -0.2) is 4.98 Å². The Bertz CT molecular complexity index is 1080. The lowest BCUT2D eigenvalue weighted by Gasteiger charge is -2.34. The summed E-state index contributed by atoms with van der Waals surface area (Å²) in [6, 6.07) is 3.74. The molecule has 2 aliphatic rings. The highest BCUT2D eigenvalue weighted by Crippen LogP contribution is 2.41. The number of anilines is 1. The smallest absolute Gasteiger partial charge is 0.257 e. The molecule has 1 saturated carbocycles. The Hall–Kier alpha value is -2.59. The molecule has 0 bridgehead atoms. The maximum atomic E-state index is 13.3. The normalized spacial score (nSPS) is 19.9. The Labute approximate surface area is 201 Å². The zero-order chi connectivity index (χ0) is 23.7. The van der Waals surface area contributed by atoms with E-state index in [2.05, 4.69) is 17.2 Å². The molecule has 0 radical (unpaired) electrons. The van der Waals surface area contributed by atoms with Gasteiger partial charge in [-0.05, 0) is 37.0 Å². The van der Waals surface area contributed by atoms with Gasteiger partial charge >= 0.3 is 0 Å². The van der Waals surface area contributed by atoms with Gasteiger partial charge in [-0.15, -0.1) is 0 Å². The number of hydrogen-bond acceptors (Lipinski definition) is 7. The van der Waals surface area contributed by atoms with Crippen LogP contribution in [0.4, 0.5) is 5.13 Å². The van der Waals surface area contributed by atoms with Crippen LogP contribution < -0.4 is 10.1 Å². The number of thiazole rings is 1. The second-order valence-corrected chi connectivity index (χ2v) is 10.9. The summed E-state index contributed by atoms with van der Waals surface area (Å²) < 4.78 is 6.44. The lowest BCUT2D eigenvalue weighted by atomic mass is 10.1. The first-order chi connectivity index (χ1) is 15.8. The van der Waals surface area contributed by atoms with E-state index in [1.165, 1.54) is 23.1 Å². The number of ether oxygens (including phenoxy) is 1. The fourth-order valence-corrected chi connectivity index (χ4v) is 5.81. The van der Waals surface area contributed by atoms with Crippen LogP contribution in [0.15, 0.2) is 27.4 Å². The minimum Gasteiger partial charge on any atom is -0.496 e. The van der Waals surface area contributed by atoms with E-state index in [1.807, 2.05) is 19.1 Å². The summed E-state index contributed by atoms with van der Waals surface area (Å²) >= 11 is 2.94. The Morgan fingerprint density at radius 1 is 1.18 bits per heavy atom. The molecule has 1 aromatic carbocycles. The van der Waals surface area contributed by atoms with Crippen LogP contribution in [0.1, 0.15) is 36.2 Å². The molecule has 2 aromatic rings. The summed E-state index contributed by atoms with van der Waals surface area (Å²) in [5.41, 5.74) is 1.49. The van der Waals surface area contributed by atoms with Crippen LogP contribution >= 0.6 is 23.1 Å². The van der Waals surface area contributed by atoms with E-state index >= 15 is 0 Å². The van der Waals surface area contributed by atoms with Crippen LogP contribution in [0.3, 0.4) is 0 Å². The maximum absolute atomic E-state index is 13.3. The van der Waals surface area contributed by atoms with E-state index < -0.39 is 0 Å². The molecule has 176 valence electrons. The molecule has 4 rings (SSSR count). The fourth-order valence-electron chi connectivity index (χ4n) is 3.86. The number of carbonyl (C=O) groups excluding carboxylic acids is 3. The van der Waals surface area contributed by atoms with Crippen molar-refractivity contribution in [2.24, 2.45) is 11.8 Å². The van der Waals surface area contributed by atoms with Crippen LogP contribution in [-0.2, 0) is 9.59 Å². The lowest BCUT2D eigenvalue weighted by molar-refractivity contribution is -0.130. The number of nitrogens with zero attached hydrogens (tertiary/aromatic N) is 3. The zero-order valence-electron chi connectivity index (χ0n) is 19.2. The molecule has 8 nitrogen and oxygen atoms in total. The first-order valence-electron chi connectivity index (χ1n) is 10.9. The number of nitrogens with one attached hydrogen (secondary N) is 1. The second kappa shape index (κ2) is 9.72. The van der Waals surface area contributed by atoms with Gasteiger partial charge < -0.3 is 19.9 Å². The Balaban J connectivity index is 1.48. The van der Waals surface area contributed by atoms with E-state index in [4.69, 9.17) is 4.74 Å². The largest absolute Gasteiger partial charge is 0.496 e. The van der Waals surface area contributed by atoms with Gasteiger partial charge in [-0.3, -0.25) is 14.4 Å². The summed E-state index contributed by atoms with van der Waals surface area (Å²) in [4.78, 5) is 45.8. The SMILES string of the molecule is COc1cc(C)c(Sc2cnc(NC(=O)C3CC3C)s2)cc1C(=O)N1CCN(C(C)=O)CC1. The average molecular weight is 489 g/mol. The van der Waals surface area contributed by atoms with Crippen molar-refractivity contribution >= 4 is 46.0 Å². The number of piperazine rings is 1. The van der Waals surface area contributed by atoms with Crippen LogP contribution in [0, 0.1) is 18.8 Å². The van der Waals surface area contributed by atoms with Crippen molar-refractivity contribution in [3.05, 3.63) is 29.5 Å². The van der Waals surface area contributed by atoms with Crippen LogP contribution in [0.5, 0.6) is 5.75 Å². The van der Waals surface area contributed by atoms with Crippen LogP contribution in [0.2, 0.25) is 0 Å². The molecule has 2 fully saturated rings. The summed E-state index contributed by atoms with van der Waals surface area (Å²) in [5, 5.41) is 3.49. The average Bonchev–Trinajstić information content (AvgIpc) is 3.38. The predicted molar refractivity (Wildman–Crippen MR) is 128 cm³/mol. The molecule has 1 aliphatic carbocycles. The molecule has 33 heavy (non-hydrogen) atoms. The van der Waals surface area contributed by atoms with Gasteiger partial charge in [0.15, 0.2) is 5.13 Å². The minimum atomic E-state index is -0.104. The fraction of sp³-hybridized carbons (Fsp3) is 0.478. The van der Waals surface area contributed by atoms with Crippen molar-refractivity contribution in [3.8, 4) is 5.75 Å². The summed E-state index contributed by atoms with van der Waals surface area (Å²) in [5.74, 6) is 1.04. The van der Waals surface area contributed by atoms with Gasteiger partial charge in [0.1, 0.15) is 5.75 Å². The van der Waals surface area contributed by atoms with Crippen molar-refractivity contribution in [1.82, 2.24) is 14.8 Å². The first kappa shape index (κ1) is 23.6. The van der Waals surface area contributed by atoms with E-state index in [-0.39, 0.29) is 23.6 Å². The minimum absolute atomic E-state index is 0.0282. The zero-order valence-corrected chi connectivity index (χ0v) is 20.8. The van der Waals surface area contributed by atoms with Gasteiger partial charge in [0.05, 0.1) is 23.1 Å². The topological polar surface area (TPSA) is 91.8 Å². The number of aromatic nitrogens is 1. The molecular weight excluding hydrogens is 460 g/mol. The molecule has 1 aliphatic heterocycles. The van der Waals surface area contributed by atoms with Crippen LogP contribution in [-0.4, -0.2) is 65.8 Å². The van der Waals surface area contributed by atoms with E-state index in [9.17, 15) is 14.4 Å². The van der Waals surface area contributed by atoms with E-state index in [0.717, 1.165) is 21.1 Å². The van der Waals surface area contributed by atoms with Gasteiger partial charge in [-0.2, -0.15) is 0 Å². The lowest BCUT2D eigenvalue weighted by Crippen LogP contribution is -2.50. The van der Waals surface area contributed by atoms with Crippen molar-refractivity contribution in [1.29, 1.82) is 0 Å². The highest BCUT2D eigenvalue weighted by molar-refractivity contribution is 8.01. The number of methoxy groups -OCH3 is 1. The highest BCUT2D eigenvalue weighted by Gasteiger charge is 2.39. The van der Waals surface area contributed by atoms with Gasteiger partial charge in [0.25, 0.3) is 5.91 Å². The molecule has 1 aromatic heterocycles. The molecule has 2 atom stereocenters. The summed E-state index contributed by atoms with van der Waals surface area (Å²) in [7, 11) is 1.56.